The lowest BCUT2D eigenvalue weighted by Gasteiger charge is -2.23. The van der Waals surface area contributed by atoms with E-state index in [0.717, 1.165) is 17.7 Å². The molecule has 2 nitrogen and oxygen atoms in total. The topological polar surface area (TPSA) is 29.1 Å². The van der Waals surface area contributed by atoms with Crippen LogP contribution in [0.15, 0.2) is 11.4 Å². The quantitative estimate of drug-likeness (QED) is 0.737. The molecule has 1 aliphatic heterocycles. The molecule has 2 rings (SSSR count). The average molecular weight is 265 g/mol. The summed E-state index contributed by atoms with van der Waals surface area (Å²) in [5.74, 6) is 0.141. The number of carbonyl (C=O) groups is 1. The highest BCUT2D eigenvalue weighted by Crippen LogP contribution is 2.24. The van der Waals surface area contributed by atoms with Gasteiger partial charge < -0.3 is 5.32 Å². The van der Waals surface area contributed by atoms with Gasteiger partial charge in [0.25, 0.3) is 5.91 Å². The van der Waals surface area contributed by atoms with Gasteiger partial charge in [-0.2, -0.15) is 0 Å². The standard InChI is InChI=1S/C15H23NOS/c1-2-3-4-5-6-7-8-13-11-12-9-10-18-14(12)15(17)16-13/h9-10,13H,2-8,11H2,1H3,(H,16,17). The van der Waals surface area contributed by atoms with E-state index in [1.165, 1.54) is 44.1 Å². The monoisotopic (exact) mass is 265 g/mol. The molecule has 1 amide bonds. The van der Waals surface area contributed by atoms with Crippen LogP contribution in [0, 0.1) is 0 Å². The molecule has 0 radical (unpaired) electrons. The van der Waals surface area contributed by atoms with Crippen molar-refractivity contribution in [3.05, 3.63) is 21.9 Å². The lowest BCUT2D eigenvalue weighted by atomic mass is 9.97. The van der Waals surface area contributed by atoms with E-state index in [0.29, 0.717) is 6.04 Å². The molecule has 100 valence electrons. The number of amides is 1. The molecule has 0 saturated heterocycles. The minimum atomic E-state index is 0.141. The molecule has 1 atom stereocenters. The first-order valence-electron chi connectivity index (χ1n) is 7.18. The van der Waals surface area contributed by atoms with Crippen molar-refractivity contribution in [1.29, 1.82) is 0 Å². The first-order valence-corrected chi connectivity index (χ1v) is 8.06. The van der Waals surface area contributed by atoms with Gasteiger partial charge in [0.2, 0.25) is 0 Å². The zero-order valence-electron chi connectivity index (χ0n) is 11.2. The molecule has 0 bridgehead atoms. The Bertz CT molecular complexity index is 386. The van der Waals surface area contributed by atoms with E-state index in [4.69, 9.17) is 0 Å². The molecular formula is C15H23NOS. The van der Waals surface area contributed by atoms with Crippen molar-refractivity contribution >= 4 is 17.2 Å². The maximum Gasteiger partial charge on any atom is 0.261 e. The van der Waals surface area contributed by atoms with Crippen LogP contribution in [0.25, 0.3) is 0 Å². The molecule has 3 heteroatoms. The van der Waals surface area contributed by atoms with Crippen molar-refractivity contribution in [1.82, 2.24) is 5.32 Å². The second-order valence-electron chi connectivity index (χ2n) is 5.21. The van der Waals surface area contributed by atoms with Crippen molar-refractivity contribution < 1.29 is 4.79 Å². The van der Waals surface area contributed by atoms with Crippen LogP contribution in [0.2, 0.25) is 0 Å². The third kappa shape index (κ3) is 3.58. The molecule has 1 aliphatic rings. The van der Waals surface area contributed by atoms with Crippen molar-refractivity contribution in [2.75, 3.05) is 0 Å². The summed E-state index contributed by atoms with van der Waals surface area (Å²) < 4.78 is 0. The summed E-state index contributed by atoms with van der Waals surface area (Å²) in [4.78, 5) is 12.8. The smallest absolute Gasteiger partial charge is 0.261 e. The van der Waals surface area contributed by atoms with Gasteiger partial charge >= 0.3 is 0 Å². The summed E-state index contributed by atoms with van der Waals surface area (Å²) in [5.41, 5.74) is 1.25. The predicted octanol–water partition coefficient (Wildman–Crippen LogP) is 4.15. The van der Waals surface area contributed by atoms with Crippen LogP contribution >= 0.6 is 11.3 Å². The molecule has 1 aromatic rings. The number of hydrogen-bond donors (Lipinski definition) is 1. The highest BCUT2D eigenvalue weighted by molar-refractivity contribution is 7.12. The third-order valence-corrected chi connectivity index (χ3v) is 4.62. The molecule has 2 heterocycles. The van der Waals surface area contributed by atoms with Gasteiger partial charge in [-0.05, 0) is 29.9 Å². The summed E-state index contributed by atoms with van der Waals surface area (Å²) in [7, 11) is 0. The highest BCUT2D eigenvalue weighted by atomic mass is 32.1. The Hall–Kier alpha value is -0.830. The average Bonchev–Trinajstić information content (AvgIpc) is 2.82. The zero-order chi connectivity index (χ0) is 12.8. The normalized spacial score (nSPS) is 18.5. The first kappa shape index (κ1) is 13.6. The molecule has 1 unspecified atom stereocenters. The number of rotatable bonds is 7. The van der Waals surface area contributed by atoms with E-state index in [2.05, 4.69) is 18.3 Å². The second-order valence-corrected chi connectivity index (χ2v) is 6.12. The van der Waals surface area contributed by atoms with Gasteiger partial charge in [-0.1, -0.05) is 45.4 Å². The molecular weight excluding hydrogens is 242 g/mol. The van der Waals surface area contributed by atoms with Crippen LogP contribution in [0.3, 0.4) is 0 Å². The molecule has 18 heavy (non-hydrogen) atoms. The van der Waals surface area contributed by atoms with Gasteiger partial charge in [-0.25, -0.2) is 0 Å². The SMILES string of the molecule is CCCCCCCCC1Cc2ccsc2C(=O)N1. The number of nitrogens with one attached hydrogen (secondary N) is 1. The summed E-state index contributed by atoms with van der Waals surface area (Å²) >= 11 is 1.56. The Morgan fingerprint density at radius 3 is 2.89 bits per heavy atom. The number of fused-ring (bicyclic) bond motifs is 1. The third-order valence-electron chi connectivity index (χ3n) is 3.66. The zero-order valence-corrected chi connectivity index (χ0v) is 12.0. The Kier molecular flexibility index (Phi) is 5.24. The maximum atomic E-state index is 11.8. The van der Waals surface area contributed by atoms with Gasteiger partial charge in [0.1, 0.15) is 0 Å². The molecule has 0 fully saturated rings. The van der Waals surface area contributed by atoms with E-state index in [1.807, 2.05) is 5.38 Å². The van der Waals surface area contributed by atoms with Gasteiger partial charge in [0, 0.05) is 6.04 Å². The Morgan fingerprint density at radius 2 is 2.06 bits per heavy atom. The van der Waals surface area contributed by atoms with Crippen molar-refractivity contribution in [2.24, 2.45) is 0 Å². The lowest BCUT2D eigenvalue weighted by Crippen LogP contribution is -2.40. The minimum absolute atomic E-state index is 0.141. The van der Waals surface area contributed by atoms with Crippen LogP contribution in [-0.2, 0) is 6.42 Å². The van der Waals surface area contributed by atoms with E-state index < -0.39 is 0 Å². The molecule has 1 aromatic heterocycles. The molecule has 1 N–H and O–H groups in total. The molecule has 0 aromatic carbocycles. The van der Waals surface area contributed by atoms with Gasteiger partial charge in [0.15, 0.2) is 0 Å². The molecule has 0 aliphatic carbocycles. The summed E-state index contributed by atoms with van der Waals surface area (Å²) in [5, 5.41) is 5.16. The number of unbranched alkanes of at least 4 members (excludes halogenated alkanes) is 5. The second kappa shape index (κ2) is 6.93. The number of hydrogen-bond acceptors (Lipinski definition) is 2. The van der Waals surface area contributed by atoms with Gasteiger partial charge in [-0.15, -0.1) is 11.3 Å². The Labute approximate surface area is 114 Å². The Balaban J connectivity index is 1.68. The fraction of sp³-hybridized carbons (Fsp3) is 0.667. The summed E-state index contributed by atoms with van der Waals surface area (Å²) in [6, 6.07) is 2.47. The van der Waals surface area contributed by atoms with Crippen LogP contribution in [0.5, 0.6) is 0 Å². The number of thiophene rings is 1. The fourth-order valence-electron chi connectivity index (χ4n) is 2.61. The van der Waals surface area contributed by atoms with Crippen LogP contribution < -0.4 is 5.32 Å². The van der Waals surface area contributed by atoms with Crippen molar-refractivity contribution in [3.8, 4) is 0 Å². The van der Waals surface area contributed by atoms with E-state index >= 15 is 0 Å². The first-order chi connectivity index (χ1) is 8.81. The van der Waals surface area contributed by atoms with Crippen LogP contribution in [-0.4, -0.2) is 11.9 Å². The van der Waals surface area contributed by atoms with E-state index in [-0.39, 0.29) is 5.91 Å². The van der Waals surface area contributed by atoms with Crippen LogP contribution in [0.1, 0.15) is 67.1 Å². The van der Waals surface area contributed by atoms with E-state index in [1.54, 1.807) is 11.3 Å². The summed E-state index contributed by atoms with van der Waals surface area (Å²) in [6.45, 7) is 2.25. The fourth-order valence-corrected chi connectivity index (χ4v) is 3.45. The van der Waals surface area contributed by atoms with E-state index in [9.17, 15) is 4.79 Å². The largest absolute Gasteiger partial charge is 0.348 e. The van der Waals surface area contributed by atoms with Gasteiger partial charge in [0.05, 0.1) is 4.88 Å². The minimum Gasteiger partial charge on any atom is -0.348 e. The van der Waals surface area contributed by atoms with Crippen LogP contribution in [0.4, 0.5) is 0 Å². The Morgan fingerprint density at radius 1 is 1.28 bits per heavy atom. The van der Waals surface area contributed by atoms with Crippen molar-refractivity contribution in [2.45, 2.75) is 64.3 Å². The highest BCUT2D eigenvalue weighted by Gasteiger charge is 2.24. The maximum absolute atomic E-state index is 11.8. The lowest BCUT2D eigenvalue weighted by molar-refractivity contribution is 0.0927. The molecule has 0 saturated carbocycles. The van der Waals surface area contributed by atoms with Gasteiger partial charge in [-0.3, -0.25) is 4.79 Å². The number of carbonyl (C=O) groups excluding carboxylic acids is 1. The predicted molar refractivity (Wildman–Crippen MR) is 77.3 cm³/mol. The van der Waals surface area contributed by atoms with Crippen molar-refractivity contribution in [3.63, 3.8) is 0 Å². The summed E-state index contributed by atoms with van der Waals surface area (Å²) in [6.07, 6.45) is 10.1. The molecule has 0 spiro atoms.